The van der Waals surface area contributed by atoms with Gasteiger partial charge < -0.3 is 5.73 Å². The fraction of sp³-hybridized carbons (Fsp3) is 0.286. The highest BCUT2D eigenvalue weighted by Crippen LogP contribution is 2.21. The van der Waals surface area contributed by atoms with Crippen molar-refractivity contribution >= 4 is 0 Å². The van der Waals surface area contributed by atoms with E-state index in [1.165, 1.54) is 12.1 Å². The SMILES string of the molecule is Cc1cc(CCN)nc(-c2ccc(F)cc2C)n1. The Labute approximate surface area is 106 Å². The van der Waals surface area contributed by atoms with E-state index in [0.717, 1.165) is 28.9 Å². The third-order valence-electron chi connectivity index (χ3n) is 2.74. The topological polar surface area (TPSA) is 51.8 Å². The molecule has 0 bridgehead atoms. The Morgan fingerprint density at radius 2 is 1.94 bits per heavy atom. The second-order valence-electron chi connectivity index (χ2n) is 4.32. The van der Waals surface area contributed by atoms with Gasteiger partial charge in [-0.05, 0) is 50.2 Å². The summed E-state index contributed by atoms with van der Waals surface area (Å²) in [5.41, 5.74) is 9.05. The summed E-state index contributed by atoms with van der Waals surface area (Å²) in [6, 6.07) is 6.56. The molecule has 0 spiro atoms. The molecule has 2 rings (SSSR count). The third-order valence-corrected chi connectivity index (χ3v) is 2.74. The predicted octanol–water partition coefficient (Wildman–Crippen LogP) is 2.40. The van der Waals surface area contributed by atoms with E-state index in [4.69, 9.17) is 5.73 Å². The normalized spacial score (nSPS) is 10.7. The lowest BCUT2D eigenvalue weighted by molar-refractivity contribution is 0.627. The van der Waals surface area contributed by atoms with Crippen LogP contribution in [-0.4, -0.2) is 16.5 Å². The maximum Gasteiger partial charge on any atom is 0.159 e. The summed E-state index contributed by atoms with van der Waals surface area (Å²) < 4.78 is 13.1. The van der Waals surface area contributed by atoms with Gasteiger partial charge in [-0.2, -0.15) is 0 Å². The summed E-state index contributed by atoms with van der Waals surface area (Å²) >= 11 is 0. The summed E-state index contributed by atoms with van der Waals surface area (Å²) in [6.07, 6.45) is 0.719. The lowest BCUT2D eigenvalue weighted by Gasteiger charge is -2.08. The van der Waals surface area contributed by atoms with Crippen LogP contribution in [-0.2, 0) is 6.42 Å². The number of nitrogens with zero attached hydrogens (tertiary/aromatic N) is 2. The van der Waals surface area contributed by atoms with Crippen LogP contribution in [0.5, 0.6) is 0 Å². The van der Waals surface area contributed by atoms with E-state index in [0.29, 0.717) is 12.4 Å². The van der Waals surface area contributed by atoms with Crippen molar-refractivity contribution in [2.24, 2.45) is 5.73 Å². The minimum Gasteiger partial charge on any atom is -0.330 e. The Morgan fingerprint density at radius 3 is 2.61 bits per heavy atom. The Bertz CT molecular complexity index is 567. The standard InChI is InChI=1S/C14H16FN3/c1-9-7-11(15)3-4-13(9)14-17-10(2)8-12(18-14)5-6-16/h3-4,7-8H,5-6,16H2,1-2H3. The van der Waals surface area contributed by atoms with Gasteiger partial charge in [-0.15, -0.1) is 0 Å². The molecule has 0 aliphatic carbocycles. The Kier molecular flexibility index (Phi) is 3.67. The summed E-state index contributed by atoms with van der Waals surface area (Å²) in [6.45, 7) is 4.33. The first-order chi connectivity index (χ1) is 8.60. The van der Waals surface area contributed by atoms with Crippen LogP contribution in [0.2, 0.25) is 0 Å². The van der Waals surface area contributed by atoms with E-state index in [1.807, 2.05) is 19.9 Å². The monoisotopic (exact) mass is 245 g/mol. The van der Waals surface area contributed by atoms with Crippen molar-refractivity contribution in [1.82, 2.24) is 9.97 Å². The lowest BCUT2D eigenvalue weighted by atomic mass is 10.1. The molecular weight excluding hydrogens is 229 g/mol. The molecule has 0 radical (unpaired) electrons. The molecule has 3 nitrogen and oxygen atoms in total. The zero-order valence-electron chi connectivity index (χ0n) is 10.6. The van der Waals surface area contributed by atoms with Gasteiger partial charge in [0.05, 0.1) is 0 Å². The number of aromatic nitrogens is 2. The highest BCUT2D eigenvalue weighted by molar-refractivity contribution is 5.60. The first-order valence-electron chi connectivity index (χ1n) is 5.91. The summed E-state index contributed by atoms with van der Waals surface area (Å²) in [5, 5.41) is 0. The minimum absolute atomic E-state index is 0.244. The van der Waals surface area contributed by atoms with Crippen molar-refractivity contribution in [1.29, 1.82) is 0 Å². The van der Waals surface area contributed by atoms with Crippen molar-refractivity contribution in [2.45, 2.75) is 20.3 Å². The van der Waals surface area contributed by atoms with Gasteiger partial charge in [0, 0.05) is 23.4 Å². The van der Waals surface area contributed by atoms with Gasteiger partial charge in [0.15, 0.2) is 5.82 Å². The molecule has 1 aromatic carbocycles. The predicted molar refractivity (Wildman–Crippen MR) is 69.7 cm³/mol. The van der Waals surface area contributed by atoms with Gasteiger partial charge in [-0.25, -0.2) is 14.4 Å². The molecular formula is C14H16FN3. The smallest absolute Gasteiger partial charge is 0.159 e. The van der Waals surface area contributed by atoms with Crippen molar-refractivity contribution in [3.63, 3.8) is 0 Å². The summed E-state index contributed by atoms with van der Waals surface area (Å²) in [4.78, 5) is 8.87. The maximum atomic E-state index is 13.1. The maximum absolute atomic E-state index is 13.1. The second-order valence-corrected chi connectivity index (χ2v) is 4.32. The number of hydrogen-bond acceptors (Lipinski definition) is 3. The molecule has 0 unspecified atom stereocenters. The first kappa shape index (κ1) is 12.6. The second kappa shape index (κ2) is 5.23. The molecule has 0 atom stereocenters. The Morgan fingerprint density at radius 1 is 1.17 bits per heavy atom. The fourth-order valence-electron chi connectivity index (χ4n) is 1.91. The molecule has 18 heavy (non-hydrogen) atoms. The van der Waals surface area contributed by atoms with E-state index in [9.17, 15) is 4.39 Å². The van der Waals surface area contributed by atoms with Crippen LogP contribution in [0.4, 0.5) is 4.39 Å². The molecule has 1 heterocycles. The van der Waals surface area contributed by atoms with Crippen molar-refractivity contribution in [3.8, 4) is 11.4 Å². The van der Waals surface area contributed by atoms with Gasteiger partial charge in [0.2, 0.25) is 0 Å². The highest BCUT2D eigenvalue weighted by Gasteiger charge is 2.08. The number of aryl methyl sites for hydroxylation is 2. The van der Waals surface area contributed by atoms with Crippen LogP contribution in [0.25, 0.3) is 11.4 Å². The Balaban J connectivity index is 2.49. The van der Waals surface area contributed by atoms with Crippen molar-refractivity contribution in [3.05, 3.63) is 47.0 Å². The van der Waals surface area contributed by atoms with Gasteiger partial charge in [0.1, 0.15) is 5.82 Å². The van der Waals surface area contributed by atoms with E-state index in [2.05, 4.69) is 9.97 Å². The third kappa shape index (κ3) is 2.71. The average Bonchev–Trinajstić information content (AvgIpc) is 2.28. The molecule has 2 N–H and O–H groups in total. The lowest BCUT2D eigenvalue weighted by Crippen LogP contribution is -2.06. The van der Waals surface area contributed by atoms with Gasteiger partial charge in [-0.1, -0.05) is 0 Å². The average molecular weight is 245 g/mol. The molecule has 0 saturated carbocycles. The minimum atomic E-state index is -0.244. The molecule has 0 aliphatic heterocycles. The number of rotatable bonds is 3. The molecule has 0 fully saturated rings. The number of nitrogens with two attached hydrogens (primary N) is 1. The molecule has 1 aromatic heterocycles. The van der Waals surface area contributed by atoms with E-state index in [1.54, 1.807) is 6.07 Å². The van der Waals surface area contributed by atoms with E-state index >= 15 is 0 Å². The molecule has 0 aliphatic rings. The summed E-state index contributed by atoms with van der Waals surface area (Å²) in [5.74, 6) is 0.391. The van der Waals surface area contributed by atoms with Crippen molar-refractivity contribution in [2.75, 3.05) is 6.54 Å². The number of hydrogen-bond donors (Lipinski definition) is 1. The quantitative estimate of drug-likeness (QED) is 0.903. The largest absolute Gasteiger partial charge is 0.330 e. The first-order valence-corrected chi connectivity index (χ1v) is 5.91. The van der Waals surface area contributed by atoms with Crippen LogP contribution in [0, 0.1) is 19.7 Å². The van der Waals surface area contributed by atoms with Crippen molar-refractivity contribution < 1.29 is 4.39 Å². The van der Waals surface area contributed by atoms with Gasteiger partial charge in [-0.3, -0.25) is 0 Å². The zero-order chi connectivity index (χ0) is 13.1. The van der Waals surface area contributed by atoms with E-state index in [-0.39, 0.29) is 5.82 Å². The van der Waals surface area contributed by atoms with Crippen LogP contribution in [0.15, 0.2) is 24.3 Å². The highest BCUT2D eigenvalue weighted by atomic mass is 19.1. The zero-order valence-corrected chi connectivity index (χ0v) is 10.6. The van der Waals surface area contributed by atoms with E-state index < -0.39 is 0 Å². The summed E-state index contributed by atoms with van der Waals surface area (Å²) in [7, 11) is 0. The van der Waals surface area contributed by atoms with Crippen LogP contribution < -0.4 is 5.73 Å². The number of halogens is 1. The molecule has 2 aromatic rings. The molecule has 94 valence electrons. The number of benzene rings is 1. The van der Waals surface area contributed by atoms with Gasteiger partial charge in [0.25, 0.3) is 0 Å². The fourth-order valence-corrected chi connectivity index (χ4v) is 1.91. The molecule has 4 heteroatoms. The van der Waals surface area contributed by atoms with Crippen LogP contribution >= 0.6 is 0 Å². The molecule has 0 saturated heterocycles. The van der Waals surface area contributed by atoms with Gasteiger partial charge >= 0.3 is 0 Å². The van der Waals surface area contributed by atoms with Crippen LogP contribution in [0.3, 0.4) is 0 Å². The Hall–Kier alpha value is -1.81. The molecule has 0 amide bonds. The van der Waals surface area contributed by atoms with Crippen LogP contribution in [0.1, 0.15) is 17.0 Å².